The van der Waals surface area contributed by atoms with Crippen LogP contribution in [0.3, 0.4) is 0 Å². The van der Waals surface area contributed by atoms with Gasteiger partial charge in [0.1, 0.15) is 13.2 Å². The zero-order valence-electron chi connectivity index (χ0n) is 37.3. The first-order chi connectivity index (χ1) is 28.5. The van der Waals surface area contributed by atoms with Crippen LogP contribution in [-0.2, 0) is 28.6 Å². The Hall–Kier alpha value is -3.67. The van der Waals surface area contributed by atoms with E-state index >= 15 is 0 Å². The van der Waals surface area contributed by atoms with Crippen LogP contribution in [0.2, 0.25) is 0 Å². The number of carbonyl (C=O) groups is 3. The Morgan fingerprint density at radius 1 is 0.379 bits per heavy atom. The van der Waals surface area contributed by atoms with Crippen molar-refractivity contribution in [1.82, 2.24) is 0 Å². The topological polar surface area (TPSA) is 78.9 Å². The number of unbranched alkanes of at least 4 members (excludes halogenated alkanes) is 17. The number of hydrogen-bond acceptors (Lipinski definition) is 6. The molecular weight excluding hydrogens is 721 g/mol. The molecule has 0 bridgehead atoms. The van der Waals surface area contributed by atoms with Crippen LogP contribution in [0.15, 0.2) is 97.2 Å². The number of ether oxygens (including phenoxy) is 3. The van der Waals surface area contributed by atoms with Gasteiger partial charge in [-0.15, -0.1) is 0 Å². The molecule has 1 atom stereocenters. The van der Waals surface area contributed by atoms with Gasteiger partial charge < -0.3 is 14.2 Å². The Kier molecular flexibility index (Phi) is 43.1. The predicted molar refractivity (Wildman–Crippen MR) is 247 cm³/mol. The van der Waals surface area contributed by atoms with Gasteiger partial charge in [0.05, 0.1) is 0 Å². The van der Waals surface area contributed by atoms with E-state index in [2.05, 4.69) is 69.4 Å². The number of esters is 3. The summed E-state index contributed by atoms with van der Waals surface area (Å²) in [5.74, 6) is -0.975. The first-order valence-corrected chi connectivity index (χ1v) is 23.3. The van der Waals surface area contributed by atoms with Crippen LogP contribution < -0.4 is 0 Å². The van der Waals surface area contributed by atoms with Crippen LogP contribution >= 0.6 is 0 Å². The molecule has 0 aliphatic rings. The third-order valence-corrected chi connectivity index (χ3v) is 9.46. The standard InChI is InChI=1S/C52H84O6/c1-4-7-10-13-16-19-22-24-26-28-30-33-36-39-42-45-51(54)57-48-49(47-56-50(53)44-41-38-35-32-29-21-18-15-12-9-6-3)58-52(55)46-43-40-37-34-31-27-25-23-20-17-14-11-8-5-2/h7-8,10-11,13,16-17,19-20,22,24-28,30,49H,4-6,9,12,14-15,18,21,23,29,31-48H2,1-3H3/b10-7-,11-8-,16-13-,20-17-,22-19-,26-24-,27-25-,30-28-. The minimum atomic E-state index is -0.804. The van der Waals surface area contributed by atoms with E-state index in [-0.39, 0.29) is 31.1 Å². The van der Waals surface area contributed by atoms with Gasteiger partial charge in [-0.3, -0.25) is 14.4 Å². The molecule has 0 heterocycles. The van der Waals surface area contributed by atoms with E-state index in [9.17, 15) is 14.4 Å². The molecule has 328 valence electrons. The monoisotopic (exact) mass is 805 g/mol. The smallest absolute Gasteiger partial charge is 0.306 e. The number of rotatable bonds is 40. The molecule has 0 saturated carbocycles. The Morgan fingerprint density at radius 3 is 1.28 bits per heavy atom. The molecule has 0 spiro atoms. The van der Waals surface area contributed by atoms with E-state index in [4.69, 9.17) is 14.2 Å². The van der Waals surface area contributed by atoms with Crippen molar-refractivity contribution in [3.05, 3.63) is 97.2 Å². The SMILES string of the molecule is CC\C=C/C=C\C=C/C=C\C=C/CCCCCC(=O)OCC(COC(=O)CCCCCCCCCCCCC)OC(=O)CCCCCC/C=C\C/C=C\C/C=C\CC. The van der Waals surface area contributed by atoms with Crippen LogP contribution in [0.25, 0.3) is 0 Å². The van der Waals surface area contributed by atoms with Gasteiger partial charge in [0.2, 0.25) is 0 Å². The lowest BCUT2D eigenvalue weighted by Crippen LogP contribution is -2.30. The summed E-state index contributed by atoms with van der Waals surface area (Å²) in [6, 6.07) is 0. The van der Waals surface area contributed by atoms with Gasteiger partial charge in [-0.05, 0) is 70.6 Å². The van der Waals surface area contributed by atoms with Gasteiger partial charge in [-0.2, -0.15) is 0 Å². The molecule has 0 aliphatic carbocycles. The highest BCUT2D eigenvalue weighted by molar-refractivity contribution is 5.71. The van der Waals surface area contributed by atoms with Crippen molar-refractivity contribution in [2.45, 2.75) is 200 Å². The second-order valence-electron chi connectivity index (χ2n) is 15.0. The molecule has 0 N–H and O–H groups in total. The molecule has 1 unspecified atom stereocenters. The fraction of sp³-hybridized carbons (Fsp3) is 0.635. The molecule has 0 aliphatic heterocycles. The van der Waals surface area contributed by atoms with Crippen molar-refractivity contribution >= 4 is 17.9 Å². The molecule has 0 amide bonds. The molecule has 0 saturated heterocycles. The van der Waals surface area contributed by atoms with E-state index in [1.54, 1.807) is 0 Å². The fourth-order valence-corrected chi connectivity index (χ4v) is 6.00. The molecular formula is C52H84O6. The molecule has 58 heavy (non-hydrogen) atoms. The number of allylic oxidation sites excluding steroid dienone is 16. The average Bonchev–Trinajstić information content (AvgIpc) is 3.22. The summed E-state index contributed by atoms with van der Waals surface area (Å²) in [7, 11) is 0. The maximum atomic E-state index is 12.7. The van der Waals surface area contributed by atoms with Crippen LogP contribution in [0.1, 0.15) is 194 Å². The van der Waals surface area contributed by atoms with Gasteiger partial charge in [-0.1, -0.05) is 201 Å². The summed E-state index contributed by atoms with van der Waals surface area (Å²) in [4.78, 5) is 37.8. The zero-order chi connectivity index (χ0) is 42.3. The lowest BCUT2D eigenvalue weighted by molar-refractivity contribution is -0.167. The Labute approximate surface area is 356 Å². The van der Waals surface area contributed by atoms with E-state index in [0.29, 0.717) is 19.3 Å². The minimum absolute atomic E-state index is 0.101. The van der Waals surface area contributed by atoms with Crippen molar-refractivity contribution < 1.29 is 28.6 Å². The lowest BCUT2D eigenvalue weighted by atomic mass is 10.1. The summed E-state index contributed by atoms with van der Waals surface area (Å²) in [5.41, 5.74) is 0. The maximum Gasteiger partial charge on any atom is 0.306 e. The van der Waals surface area contributed by atoms with Crippen molar-refractivity contribution in [3.63, 3.8) is 0 Å². The molecule has 0 aromatic carbocycles. The number of hydrogen-bond donors (Lipinski definition) is 0. The van der Waals surface area contributed by atoms with Crippen LogP contribution in [0.5, 0.6) is 0 Å². The molecule has 6 heteroatoms. The van der Waals surface area contributed by atoms with E-state index in [1.807, 2.05) is 48.6 Å². The lowest BCUT2D eigenvalue weighted by Gasteiger charge is -2.18. The summed E-state index contributed by atoms with van der Waals surface area (Å²) in [5, 5.41) is 0. The number of carbonyl (C=O) groups excluding carboxylic acids is 3. The van der Waals surface area contributed by atoms with Crippen molar-refractivity contribution in [2.75, 3.05) is 13.2 Å². The third kappa shape index (κ3) is 43.5. The van der Waals surface area contributed by atoms with Crippen molar-refractivity contribution in [1.29, 1.82) is 0 Å². The second kappa shape index (κ2) is 46.0. The average molecular weight is 805 g/mol. The van der Waals surface area contributed by atoms with E-state index < -0.39 is 6.10 Å². The maximum absolute atomic E-state index is 12.7. The van der Waals surface area contributed by atoms with E-state index in [1.165, 1.54) is 51.4 Å². The molecule has 6 nitrogen and oxygen atoms in total. The third-order valence-electron chi connectivity index (χ3n) is 9.46. The molecule has 0 aromatic heterocycles. The first kappa shape index (κ1) is 54.3. The quantitative estimate of drug-likeness (QED) is 0.0202. The minimum Gasteiger partial charge on any atom is -0.462 e. The summed E-state index contributed by atoms with van der Waals surface area (Å²) >= 11 is 0. The van der Waals surface area contributed by atoms with Crippen LogP contribution in [-0.4, -0.2) is 37.2 Å². The van der Waals surface area contributed by atoms with Gasteiger partial charge in [0, 0.05) is 19.3 Å². The van der Waals surface area contributed by atoms with Gasteiger partial charge >= 0.3 is 17.9 Å². The van der Waals surface area contributed by atoms with E-state index in [0.717, 1.165) is 103 Å². The largest absolute Gasteiger partial charge is 0.462 e. The molecule has 0 rings (SSSR count). The Morgan fingerprint density at radius 2 is 0.759 bits per heavy atom. The highest BCUT2D eigenvalue weighted by Gasteiger charge is 2.19. The summed E-state index contributed by atoms with van der Waals surface area (Å²) in [6.45, 7) is 6.29. The first-order valence-electron chi connectivity index (χ1n) is 23.3. The molecule has 0 aromatic rings. The van der Waals surface area contributed by atoms with Crippen molar-refractivity contribution in [2.24, 2.45) is 0 Å². The van der Waals surface area contributed by atoms with Gasteiger partial charge in [0.15, 0.2) is 6.10 Å². The van der Waals surface area contributed by atoms with Gasteiger partial charge in [-0.25, -0.2) is 0 Å². The van der Waals surface area contributed by atoms with Crippen molar-refractivity contribution in [3.8, 4) is 0 Å². The zero-order valence-corrected chi connectivity index (χ0v) is 37.3. The second-order valence-corrected chi connectivity index (χ2v) is 15.0. The van der Waals surface area contributed by atoms with Crippen LogP contribution in [0, 0.1) is 0 Å². The summed E-state index contributed by atoms with van der Waals surface area (Å²) in [6.07, 6.45) is 59.6. The Bertz CT molecular complexity index is 1200. The normalized spacial score (nSPS) is 12.9. The molecule has 0 fully saturated rings. The fourth-order valence-electron chi connectivity index (χ4n) is 6.00. The highest BCUT2D eigenvalue weighted by atomic mass is 16.6. The molecule has 0 radical (unpaired) electrons. The van der Waals surface area contributed by atoms with Crippen LogP contribution in [0.4, 0.5) is 0 Å². The summed E-state index contributed by atoms with van der Waals surface area (Å²) < 4.78 is 16.7. The highest BCUT2D eigenvalue weighted by Crippen LogP contribution is 2.13. The predicted octanol–water partition coefficient (Wildman–Crippen LogP) is 15.0. The van der Waals surface area contributed by atoms with Gasteiger partial charge in [0.25, 0.3) is 0 Å². The Balaban J connectivity index is 4.52.